The molecule has 0 N–H and O–H groups in total. The lowest BCUT2D eigenvalue weighted by atomic mass is 9.87. The third-order valence-corrected chi connectivity index (χ3v) is 7.42. The predicted molar refractivity (Wildman–Crippen MR) is 145 cm³/mol. The number of halogens is 2. The minimum Gasteiger partial charge on any atom is -0.289 e. The van der Waals surface area contributed by atoms with Crippen LogP contribution in [0.5, 0.6) is 0 Å². The van der Waals surface area contributed by atoms with Crippen LogP contribution in [0, 0.1) is 0 Å². The first-order valence-corrected chi connectivity index (χ1v) is 12.4. The van der Waals surface area contributed by atoms with Gasteiger partial charge in [-0.25, -0.2) is 0 Å². The molecule has 6 aromatic carbocycles. The molecule has 6 aromatic rings. The summed E-state index contributed by atoms with van der Waals surface area (Å²) in [7, 11) is 0. The van der Waals surface area contributed by atoms with Crippen LogP contribution in [-0.4, -0.2) is 11.6 Å². The van der Waals surface area contributed by atoms with Crippen molar-refractivity contribution < 1.29 is 9.59 Å². The zero-order valence-corrected chi connectivity index (χ0v) is 21.0. The van der Waals surface area contributed by atoms with E-state index in [4.69, 9.17) is 0 Å². The monoisotopic (exact) mass is 566 g/mol. The molecule has 0 spiro atoms. The maximum absolute atomic E-state index is 13.4. The average Bonchev–Trinajstić information content (AvgIpc) is 2.87. The third kappa shape index (κ3) is 3.37. The van der Waals surface area contributed by atoms with E-state index in [0.717, 1.165) is 41.3 Å². The van der Waals surface area contributed by atoms with Crippen molar-refractivity contribution in [3.63, 3.8) is 0 Å². The van der Waals surface area contributed by atoms with E-state index in [9.17, 15) is 9.59 Å². The molecule has 0 amide bonds. The fraction of sp³-hybridized carbons (Fsp3) is 0. The quantitative estimate of drug-likeness (QED) is 0.158. The Kier molecular flexibility index (Phi) is 5.09. The van der Waals surface area contributed by atoms with Crippen LogP contribution in [0.25, 0.3) is 32.3 Å². The summed E-state index contributed by atoms with van der Waals surface area (Å²) in [6.45, 7) is 0. The van der Waals surface area contributed by atoms with Gasteiger partial charge >= 0.3 is 0 Å². The fourth-order valence-corrected chi connectivity index (χ4v) is 5.24. The Balaban J connectivity index is 1.59. The van der Waals surface area contributed by atoms with E-state index in [1.165, 1.54) is 0 Å². The van der Waals surface area contributed by atoms with E-state index in [0.29, 0.717) is 22.3 Å². The van der Waals surface area contributed by atoms with Crippen molar-refractivity contribution in [1.82, 2.24) is 0 Å². The average molecular weight is 568 g/mol. The Morgan fingerprint density at radius 1 is 0.441 bits per heavy atom. The van der Waals surface area contributed by atoms with E-state index < -0.39 is 0 Å². The predicted octanol–water partition coefficient (Wildman–Crippen LogP) is 8.57. The highest BCUT2D eigenvalue weighted by Crippen LogP contribution is 2.38. The van der Waals surface area contributed by atoms with Gasteiger partial charge < -0.3 is 0 Å². The molecule has 4 heteroatoms. The highest BCUT2D eigenvalue weighted by atomic mass is 79.9. The molecule has 0 saturated heterocycles. The summed E-state index contributed by atoms with van der Waals surface area (Å²) in [6.07, 6.45) is 0. The summed E-state index contributed by atoms with van der Waals surface area (Å²) in [6, 6.07) is 30.8. The zero-order chi connectivity index (χ0) is 23.4. The van der Waals surface area contributed by atoms with Crippen molar-refractivity contribution in [2.45, 2.75) is 0 Å². The van der Waals surface area contributed by atoms with Gasteiger partial charge in [0.05, 0.1) is 0 Å². The molecular formula is C30H16Br2O2. The van der Waals surface area contributed by atoms with Gasteiger partial charge in [-0.05, 0) is 93.0 Å². The Labute approximate surface area is 212 Å². The Bertz CT molecular complexity index is 1600. The van der Waals surface area contributed by atoms with E-state index in [2.05, 4.69) is 31.9 Å². The standard InChI is InChI=1S/C30H16Br2O2/c31-21-9-1-19(2-10-21)29(33)25-15-7-17-6-14-24-26(30(34)20-3-11-22(32)12-4-20)16-8-18-5-13-23(25)27(17)28(18)24/h1-16H. The van der Waals surface area contributed by atoms with Crippen LogP contribution >= 0.6 is 31.9 Å². The normalized spacial score (nSPS) is 11.5. The van der Waals surface area contributed by atoms with Crippen LogP contribution in [0.15, 0.2) is 106 Å². The molecule has 2 nitrogen and oxygen atoms in total. The van der Waals surface area contributed by atoms with Crippen molar-refractivity contribution in [2.75, 3.05) is 0 Å². The van der Waals surface area contributed by atoms with Crippen molar-refractivity contribution in [1.29, 1.82) is 0 Å². The number of rotatable bonds is 4. The molecule has 34 heavy (non-hydrogen) atoms. The maximum atomic E-state index is 13.4. The molecule has 0 aromatic heterocycles. The summed E-state index contributed by atoms with van der Waals surface area (Å²) in [5.74, 6) is -0.0341. The molecule has 162 valence electrons. The van der Waals surface area contributed by atoms with Gasteiger partial charge in [-0.3, -0.25) is 9.59 Å². The van der Waals surface area contributed by atoms with Crippen LogP contribution in [0.2, 0.25) is 0 Å². The molecule has 0 saturated carbocycles. The lowest BCUT2D eigenvalue weighted by molar-refractivity contribution is 0.103. The largest absolute Gasteiger partial charge is 0.289 e. The van der Waals surface area contributed by atoms with E-state index in [1.54, 1.807) is 0 Å². The van der Waals surface area contributed by atoms with Crippen LogP contribution in [0.1, 0.15) is 31.8 Å². The summed E-state index contributed by atoms with van der Waals surface area (Å²) < 4.78 is 1.87. The van der Waals surface area contributed by atoms with Crippen molar-refractivity contribution >= 4 is 75.7 Å². The first-order valence-electron chi connectivity index (χ1n) is 10.8. The molecule has 0 atom stereocenters. The van der Waals surface area contributed by atoms with Crippen molar-refractivity contribution in [3.05, 3.63) is 128 Å². The van der Waals surface area contributed by atoms with Crippen molar-refractivity contribution in [2.24, 2.45) is 0 Å². The number of carbonyl (C=O) groups excluding carboxylic acids is 2. The van der Waals surface area contributed by atoms with Gasteiger partial charge in [0.1, 0.15) is 0 Å². The lowest BCUT2D eigenvalue weighted by Crippen LogP contribution is -2.04. The minimum atomic E-state index is -0.0170. The minimum absolute atomic E-state index is 0.0170. The molecule has 0 aliphatic rings. The SMILES string of the molecule is O=C(c1ccc(Br)cc1)c1ccc2ccc3c(C(=O)c4ccc(Br)cc4)ccc4ccc1c2c43. The number of carbonyl (C=O) groups is 2. The summed E-state index contributed by atoms with van der Waals surface area (Å²) in [5, 5.41) is 5.93. The van der Waals surface area contributed by atoms with Crippen LogP contribution in [0.3, 0.4) is 0 Å². The fourth-order valence-electron chi connectivity index (χ4n) is 4.71. The second-order valence-electron chi connectivity index (χ2n) is 8.32. The summed E-state index contributed by atoms with van der Waals surface area (Å²) >= 11 is 6.87. The molecule has 0 bridgehead atoms. The zero-order valence-electron chi connectivity index (χ0n) is 17.8. The van der Waals surface area contributed by atoms with Gasteiger partial charge in [0.2, 0.25) is 0 Å². The van der Waals surface area contributed by atoms with Gasteiger partial charge in [-0.1, -0.05) is 68.3 Å². The highest BCUT2D eigenvalue weighted by molar-refractivity contribution is 9.10. The first-order chi connectivity index (χ1) is 16.5. The number of benzene rings is 6. The van der Waals surface area contributed by atoms with E-state index in [1.807, 2.05) is 97.1 Å². The van der Waals surface area contributed by atoms with Gasteiger partial charge in [0.15, 0.2) is 11.6 Å². The Morgan fingerprint density at radius 3 is 1.18 bits per heavy atom. The molecular weight excluding hydrogens is 552 g/mol. The summed E-state index contributed by atoms with van der Waals surface area (Å²) in [5.41, 5.74) is 2.61. The number of hydrogen-bond acceptors (Lipinski definition) is 2. The van der Waals surface area contributed by atoms with Gasteiger partial charge in [0.25, 0.3) is 0 Å². The van der Waals surface area contributed by atoms with Gasteiger partial charge in [-0.15, -0.1) is 0 Å². The van der Waals surface area contributed by atoms with E-state index in [-0.39, 0.29) is 11.6 Å². The lowest BCUT2D eigenvalue weighted by Gasteiger charge is -2.15. The van der Waals surface area contributed by atoms with Crippen LogP contribution in [0.4, 0.5) is 0 Å². The Hall–Kier alpha value is -3.34. The van der Waals surface area contributed by atoms with E-state index >= 15 is 0 Å². The first kappa shape index (κ1) is 21.2. The molecule has 6 rings (SSSR count). The van der Waals surface area contributed by atoms with Gasteiger partial charge in [-0.2, -0.15) is 0 Å². The molecule has 0 unspecified atom stereocenters. The Morgan fingerprint density at radius 2 is 0.794 bits per heavy atom. The molecule has 0 aliphatic carbocycles. The topological polar surface area (TPSA) is 34.1 Å². The highest BCUT2D eigenvalue weighted by Gasteiger charge is 2.19. The summed E-state index contributed by atoms with van der Waals surface area (Å²) in [4.78, 5) is 26.8. The second-order valence-corrected chi connectivity index (χ2v) is 10.2. The smallest absolute Gasteiger partial charge is 0.193 e. The van der Waals surface area contributed by atoms with Crippen LogP contribution < -0.4 is 0 Å². The van der Waals surface area contributed by atoms with Gasteiger partial charge in [0, 0.05) is 31.2 Å². The van der Waals surface area contributed by atoms with Crippen molar-refractivity contribution in [3.8, 4) is 0 Å². The molecule has 0 fully saturated rings. The number of hydrogen-bond donors (Lipinski definition) is 0. The molecule has 0 heterocycles. The third-order valence-electron chi connectivity index (χ3n) is 6.37. The number of ketones is 2. The molecule has 0 radical (unpaired) electrons. The maximum Gasteiger partial charge on any atom is 0.193 e. The molecule has 0 aliphatic heterocycles. The second kappa shape index (κ2) is 8.15. The van der Waals surface area contributed by atoms with Crippen LogP contribution in [-0.2, 0) is 0 Å².